The smallest absolute Gasteiger partial charge is 0.189 e. The molecule has 1 aromatic rings. The van der Waals surface area contributed by atoms with E-state index in [1.165, 1.54) is 6.07 Å². The minimum atomic E-state index is -3.71. The van der Waals surface area contributed by atoms with Crippen LogP contribution in [0.1, 0.15) is 25.3 Å². The summed E-state index contributed by atoms with van der Waals surface area (Å²) in [6.45, 7) is 4.14. The van der Waals surface area contributed by atoms with Crippen LogP contribution < -0.4 is 0 Å². The number of phenols is 1. The number of halogens is 1. The Hall–Kier alpha value is -0.780. The molecule has 1 fully saturated rings. The standard InChI is InChI=1S/C13H17ClO4S/c1-9-3-4-10(14)12(11(9)15)19(16,17)13(2)5-7-18-8-6-13/h3-4,15H,5-8H2,1-2H3. The van der Waals surface area contributed by atoms with Crippen molar-refractivity contribution in [2.75, 3.05) is 13.2 Å². The number of aromatic hydroxyl groups is 1. The van der Waals surface area contributed by atoms with Crippen LogP contribution in [0.2, 0.25) is 5.02 Å². The predicted molar refractivity (Wildman–Crippen MR) is 73.5 cm³/mol. The van der Waals surface area contributed by atoms with E-state index < -0.39 is 14.6 Å². The van der Waals surface area contributed by atoms with Gasteiger partial charge in [0.05, 0.1) is 9.77 Å². The molecule has 0 aromatic heterocycles. The van der Waals surface area contributed by atoms with Crippen LogP contribution in [-0.4, -0.2) is 31.5 Å². The molecule has 0 saturated carbocycles. The molecular weight excluding hydrogens is 288 g/mol. The molecule has 0 bridgehead atoms. The van der Waals surface area contributed by atoms with Crippen LogP contribution in [-0.2, 0) is 14.6 Å². The molecule has 106 valence electrons. The third-order valence-electron chi connectivity index (χ3n) is 3.75. The van der Waals surface area contributed by atoms with Crippen molar-refractivity contribution >= 4 is 21.4 Å². The minimum absolute atomic E-state index is 0.0656. The van der Waals surface area contributed by atoms with Gasteiger partial charge in [0.15, 0.2) is 9.84 Å². The highest BCUT2D eigenvalue weighted by Gasteiger charge is 2.44. The molecule has 19 heavy (non-hydrogen) atoms. The van der Waals surface area contributed by atoms with Gasteiger partial charge in [-0.15, -0.1) is 0 Å². The lowest BCUT2D eigenvalue weighted by Gasteiger charge is -2.33. The van der Waals surface area contributed by atoms with Gasteiger partial charge >= 0.3 is 0 Å². The molecule has 1 saturated heterocycles. The largest absolute Gasteiger partial charge is 0.506 e. The van der Waals surface area contributed by atoms with Gasteiger partial charge in [0.1, 0.15) is 10.6 Å². The average molecular weight is 305 g/mol. The van der Waals surface area contributed by atoms with Gasteiger partial charge in [-0.05, 0) is 38.3 Å². The van der Waals surface area contributed by atoms with Crippen molar-refractivity contribution < 1.29 is 18.3 Å². The van der Waals surface area contributed by atoms with Gasteiger partial charge in [-0.1, -0.05) is 17.7 Å². The SMILES string of the molecule is Cc1ccc(Cl)c(S(=O)(=O)C2(C)CCOCC2)c1O. The second-order valence-electron chi connectivity index (χ2n) is 5.11. The first-order valence-corrected chi connectivity index (χ1v) is 7.96. The van der Waals surface area contributed by atoms with Crippen molar-refractivity contribution in [2.24, 2.45) is 0 Å². The number of hydrogen-bond donors (Lipinski definition) is 1. The average Bonchev–Trinajstić information content (AvgIpc) is 2.35. The van der Waals surface area contributed by atoms with E-state index in [-0.39, 0.29) is 15.7 Å². The van der Waals surface area contributed by atoms with Crippen LogP contribution in [0.25, 0.3) is 0 Å². The van der Waals surface area contributed by atoms with Crippen molar-refractivity contribution in [3.05, 3.63) is 22.7 Å². The van der Waals surface area contributed by atoms with Gasteiger partial charge in [-0.3, -0.25) is 0 Å². The van der Waals surface area contributed by atoms with Gasteiger partial charge in [0, 0.05) is 13.2 Å². The molecule has 6 heteroatoms. The van der Waals surface area contributed by atoms with Crippen LogP contribution in [0, 0.1) is 6.92 Å². The summed E-state index contributed by atoms with van der Waals surface area (Å²) >= 11 is 6.00. The number of aryl methyl sites for hydroxylation is 1. The van der Waals surface area contributed by atoms with E-state index in [1.54, 1.807) is 19.9 Å². The summed E-state index contributed by atoms with van der Waals surface area (Å²) < 4.78 is 29.9. The maximum Gasteiger partial charge on any atom is 0.189 e. The topological polar surface area (TPSA) is 63.6 Å². The number of hydrogen-bond acceptors (Lipinski definition) is 4. The van der Waals surface area contributed by atoms with E-state index in [1.807, 2.05) is 0 Å². The van der Waals surface area contributed by atoms with Crippen molar-refractivity contribution in [1.82, 2.24) is 0 Å². The quantitative estimate of drug-likeness (QED) is 0.912. The Morgan fingerprint density at radius 2 is 1.89 bits per heavy atom. The molecule has 4 nitrogen and oxygen atoms in total. The molecule has 1 aliphatic rings. The third-order valence-corrected chi connectivity index (χ3v) is 6.84. The Bertz CT molecular complexity index is 589. The van der Waals surface area contributed by atoms with E-state index in [9.17, 15) is 13.5 Å². The fourth-order valence-corrected chi connectivity index (χ4v) is 4.61. The molecule has 1 aliphatic heterocycles. The van der Waals surface area contributed by atoms with E-state index in [4.69, 9.17) is 16.3 Å². The Balaban J connectivity index is 2.60. The van der Waals surface area contributed by atoms with E-state index in [0.717, 1.165) is 0 Å². The molecule has 0 radical (unpaired) electrons. The molecule has 0 atom stereocenters. The van der Waals surface area contributed by atoms with Crippen LogP contribution in [0.15, 0.2) is 17.0 Å². The number of ether oxygens (including phenoxy) is 1. The molecule has 0 unspecified atom stereocenters. The summed E-state index contributed by atoms with van der Waals surface area (Å²) in [4.78, 5) is -0.154. The fourth-order valence-electron chi connectivity index (χ4n) is 2.22. The number of benzene rings is 1. The first-order chi connectivity index (χ1) is 8.79. The fraction of sp³-hybridized carbons (Fsp3) is 0.538. The molecule has 1 aromatic carbocycles. The Morgan fingerprint density at radius 3 is 2.47 bits per heavy atom. The number of sulfone groups is 1. The maximum atomic E-state index is 12.8. The van der Waals surface area contributed by atoms with Gasteiger partial charge in [-0.2, -0.15) is 0 Å². The normalized spacial score (nSPS) is 19.3. The zero-order valence-corrected chi connectivity index (χ0v) is 12.5. The first kappa shape index (κ1) is 14.6. The molecule has 1 N–H and O–H groups in total. The lowest BCUT2D eigenvalue weighted by Crippen LogP contribution is -2.41. The van der Waals surface area contributed by atoms with Gasteiger partial charge in [0.2, 0.25) is 0 Å². The zero-order chi connectivity index (χ0) is 14.3. The molecule has 0 aliphatic carbocycles. The Kier molecular flexibility index (Phi) is 3.82. The number of phenolic OH excluding ortho intramolecular Hbond substituents is 1. The molecule has 0 spiro atoms. The van der Waals surface area contributed by atoms with E-state index in [2.05, 4.69) is 0 Å². The lowest BCUT2D eigenvalue weighted by molar-refractivity contribution is 0.0788. The van der Waals surface area contributed by atoms with E-state index in [0.29, 0.717) is 31.6 Å². The lowest BCUT2D eigenvalue weighted by atomic mass is 10.0. The summed E-state index contributed by atoms with van der Waals surface area (Å²) in [6.07, 6.45) is 0.804. The second kappa shape index (κ2) is 4.96. The monoisotopic (exact) mass is 304 g/mol. The first-order valence-electron chi connectivity index (χ1n) is 6.10. The second-order valence-corrected chi connectivity index (χ2v) is 7.92. The van der Waals surface area contributed by atoms with Crippen LogP contribution in [0.4, 0.5) is 0 Å². The highest BCUT2D eigenvalue weighted by Crippen LogP contribution is 2.42. The predicted octanol–water partition coefficient (Wildman–Crippen LogP) is 2.70. The maximum absolute atomic E-state index is 12.8. The van der Waals surface area contributed by atoms with Crippen LogP contribution >= 0.6 is 11.6 Å². The summed E-state index contributed by atoms with van der Waals surface area (Å²) in [7, 11) is -3.71. The molecule has 0 amide bonds. The molecule has 2 rings (SSSR count). The zero-order valence-electron chi connectivity index (χ0n) is 10.9. The van der Waals surface area contributed by atoms with Gasteiger partial charge in [0.25, 0.3) is 0 Å². The van der Waals surface area contributed by atoms with Crippen molar-refractivity contribution in [3.8, 4) is 5.75 Å². The van der Waals surface area contributed by atoms with Crippen molar-refractivity contribution in [1.29, 1.82) is 0 Å². The Morgan fingerprint density at radius 1 is 1.32 bits per heavy atom. The summed E-state index contributed by atoms with van der Waals surface area (Å²) in [5.74, 6) is -0.250. The summed E-state index contributed by atoms with van der Waals surface area (Å²) in [5, 5.41) is 10.1. The highest BCUT2D eigenvalue weighted by atomic mass is 35.5. The Labute approximate surface area is 118 Å². The third kappa shape index (κ3) is 2.35. The number of rotatable bonds is 2. The van der Waals surface area contributed by atoms with E-state index >= 15 is 0 Å². The van der Waals surface area contributed by atoms with Crippen LogP contribution in [0.3, 0.4) is 0 Å². The van der Waals surface area contributed by atoms with Crippen molar-refractivity contribution in [3.63, 3.8) is 0 Å². The molecule has 1 heterocycles. The van der Waals surface area contributed by atoms with Gasteiger partial charge < -0.3 is 9.84 Å². The minimum Gasteiger partial charge on any atom is -0.506 e. The summed E-state index contributed by atoms with van der Waals surface area (Å²) in [5.41, 5.74) is 0.499. The molecular formula is C13H17ClO4S. The summed E-state index contributed by atoms with van der Waals surface area (Å²) in [6, 6.07) is 3.11. The van der Waals surface area contributed by atoms with Crippen LogP contribution in [0.5, 0.6) is 5.75 Å². The van der Waals surface area contributed by atoms with Crippen molar-refractivity contribution in [2.45, 2.75) is 36.3 Å². The highest BCUT2D eigenvalue weighted by molar-refractivity contribution is 7.93. The van der Waals surface area contributed by atoms with Gasteiger partial charge in [-0.25, -0.2) is 8.42 Å².